The molecule has 0 amide bonds. The number of aryl methyl sites for hydroxylation is 2. The summed E-state index contributed by atoms with van der Waals surface area (Å²) in [6.07, 6.45) is 0. The summed E-state index contributed by atoms with van der Waals surface area (Å²) in [7, 11) is 1.57. The molecule has 0 bridgehead atoms. The van der Waals surface area contributed by atoms with Crippen LogP contribution in [-0.2, 0) is 0 Å². The van der Waals surface area contributed by atoms with Gasteiger partial charge in [0.25, 0.3) is 0 Å². The van der Waals surface area contributed by atoms with Crippen LogP contribution >= 0.6 is 11.3 Å². The highest BCUT2D eigenvalue weighted by atomic mass is 32.1. The Balaban J connectivity index is 2.90. The predicted octanol–water partition coefficient (Wildman–Crippen LogP) is 2.62. The van der Waals surface area contributed by atoms with Crippen molar-refractivity contribution in [1.82, 2.24) is 4.98 Å². The summed E-state index contributed by atoms with van der Waals surface area (Å²) in [5.74, 6) is -0.274. The largest absolute Gasteiger partial charge is 0.494 e. The van der Waals surface area contributed by atoms with Gasteiger partial charge in [0.15, 0.2) is 0 Å². The van der Waals surface area contributed by atoms with Crippen molar-refractivity contribution < 1.29 is 14.6 Å². The molecule has 84 valence electrons. The van der Waals surface area contributed by atoms with E-state index in [1.54, 1.807) is 13.2 Å². The van der Waals surface area contributed by atoms with Gasteiger partial charge in [-0.2, -0.15) is 0 Å². The topological polar surface area (TPSA) is 59.4 Å². The van der Waals surface area contributed by atoms with Crippen LogP contribution in [0, 0.1) is 13.8 Å². The number of fused-ring (bicyclic) bond motifs is 1. The Bertz CT molecular complexity index is 574. The third-order valence-electron chi connectivity index (χ3n) is 2.35. The van der Waals surface area contributed by atoms with Crippen LogP contribution in [0.1, 0.15) is 20.9 Å². The zero-order chi connectivity index (χ0) is 11.9. The molecule has 0 saturated heterocycles. The van der Waals surface area contributed by atoms with E-state index < -0.39 is 5.97 Å². The fourth-order valence-corrected chi connectivity index (χ4v) is 2.64. The fraction of sp³-hybridized carbons (Fsp3) is 0.273. The van der Waals surface area contributed by atoms with Gasteiger partial charge in [-0.25, -0.2) is 9.78 Å². The van der Waals surface area contributed by atoms with Crippen LogP contribution < -0.4 is 4.74 Å². The number of rotatable bonds is 2. The Morgan fingerprint density at radius 3 is 2.75 bits per heavy atom. The number of hydrogen-bond donors (Lipinski definition) is 1. The number of ether oxygens (including phenoxy) is 1. The fourth-order valence-electron chi connectivity index (χ4n) is 1.71. The minimum absolute atomic E-state index is 0.291. The number of thiazole rings is 1. The molecule has 0 atom stereocenters. The highest BCUT2D eigenvalue weighted by Gasteiger charge is 2.18. The molecule has 16 heavy (non-hydrogen) atoms. The standard InChI is InChI=1S/C11H11NO3S/c1-5-4-7(11(13)14)10-8(9(5)15-3)12-6(2)16-10/h4H,1-3H3,(H,13,14). The number of benzene rings is 1. The summed E-state index contributed by atoms with van der Waals surface area (Å²) in [5, 5.41) is 9.95. The maximum absolute atomic E-state index is 11.1. The molecule has 4 nitrogen and oxygen atoms in total. The number of carboxylic acid groups (broad SMARTS) is 1. The minimum Gasteiger partial charge on any atom is -0.494 e. The molecule has 1 N–H and O–H groups in total. The monoisotopic (exact) mass is 237 g/mol. The van der Waals surface area contributed by atoms with Crippen LogP contribution in [0.4, 0.5) is 0 Å². The Morgan fingerprint density at radius 1 is 1.50 bits per heavy atom. The maximum atomic E-state index is 11.1. The molecule has 0 aliphatic heterocycles. The van der Waals surface area contributed by atoms with E-state index in [0.29, 0.717) is 21.5 Å². The molecule has 2 aromatic rings. The first-order valence-corrected chi connectivity index (χ1v) is 5.54. The van der Waals surface area contributed by atoms with E-state index in [4.69, 9.17) is 9.84 Å². The van der Waals surface area contributed by atoms with Gasteiger partial charge in [0.05, 0.1) is 22.4 Å². The van der Waals surface area contributed by atoms with Gasteiger partial charge < -0.3 is 9.84 Å². The molecule has 5 heteroatoms. The van der Waals surface area contributed by atoms with Crippen LogP contribution in [0.25, 0.3) is 10.2 Å². The molecule has 0 fully saturated rings. The first-order chi connectivity index (χ1) is 7.54. The molecular formula is C11H11NO3S. The maximum Gasteiger partial charge on any atom is 0.337 e. The second-order valence-corrected chi connectivity index (χ2v) is 4.69. The van der Waals surface area contributed by atoms with Gasteiger partial charge in [0.1, 0.15) is 11.3 Å². The molecule has 1 aromatic heterocycles. The first kappa shape index (κ1) is 10.9. The van der Waals surface area contributed by atoms with Gasteiger partial charge in [0, 0.05) is 0 Å². The zero-order valence-electron chi connectivity index (χ0n) is 9.20. The van der Waals surface area contributed by atoms with Crippen LogP contribution in [0.2, 0.25) is 0 Å². The van der Waals surface area contributed by atoms with E-state index in [9.17, 15) is 4.79 Å². The minimum atomic E-state index is -0.931. The highest BCUT2D eigenvalue weighted by molar-refractivity contribution is 7.19. The molecule has 0 aliphatic carbocycles. The highest BCUT2D eigenvalue weighted by Crippen LogP contribution is 2.35. The Hall–Kier alpha value is -1.62. The second kappa shape index (κ2) is 3.75. The second-order valence-electron chi connectivity index (χ2n) is 3.49. The lowest BCUT2D eigenvalue weighted by Gasteiger charge is -2.06. The van der Waals surface area contributed by atoms with Crippen LogP contribution in [0.15, 0.2) is 6.07 Å². The van der Waals surface area contributed by atoms with Crippen molar-refractivity contribution in [2.24, 2.45) is 0 Å². The Labute approximate surface area is 96.5 Å². The molecular weight excluding hydrogens is 226 g/mol. The number of methoxy groups -OCH3 is 1. The van der Waals surface area contributed by atoms with Crippen molar-refractivity contribution in [2.45, 2.75) is 13.8 Å². The number of aromatic carboxylic acids is 1. The van der Waals surface area contributed by atoms with Crippen molar-refractivity contribution in [1.29, 1.82) is 0 Å². The van der Waals surface area contributed by atoms with E-state index in [1.807, 2.05) is 13.8 Å². The summed E-state index contributed by atoms with van der Waals surface area (Å²) in [4.78, 5) is 15.4. The lowest BCUT2D eigenvalue weighted by Crippen LogP contribution is -1.99. The van der Waals surface area contributed by atoms with E-state index in [1.165, 1.54) is 11.3 Å². The average molecular weight is 237 g/mol. The van der Waals surface area contributed by atoms with E-state index in [-0.39, 0.29) is 0 Å². The number of carboxylic acids is 1. The third-order valence-corrected chi connectivity index (χ3v) is 3.35. The van der Waals surface area contributed by atoms with Crippen molar-refractivity contribution >= 4 is 27.5 Å². The van der Waals surface area contributed by atoms with Gasteiger partial charge in [0.2, 0.25) is 0 Å². The van der Waals surface area contributed by atoms with Crippen LogP contribution in [-0.4, -0.2) is 23.2 Å². The lowest BCUT2D eigenvalue weighted by molar-refractivity contribution is 0.0699. The normalized spacial score (nSPS) is 10.7. The van der Waals surface area contributed by atoms with Gasteiger partial charge >= 0.3 is 5.97 Å². The molecule has 1 aromatic carbocycles. The third kappa shape index (κ3) is 1.53. The van der Waals surface area contributed by atoms with E-state index in [0.717, 1.165) is 10.6 Å². The van der Waals surface area contributed by atoms with Crippen molar-refractivity contribution in [2.75, 3.05) is 7.11 Å². The smallest absolute Gasteiger partial charge is 0.337 e. The Kier molecular flexibility index (Phi) is 2.55. The lowest BCUT2D eigenvalue weighted by atomic mass is 10.1. The number of carbonyl (C=O) groups is 1. The zero-order valence-corrected chi connectivity index (χ0v) is 10.0. The average Bonchev–Trinajstić information content (AvgIpc) is 2.57. The summed E-state index contributed by atoms with van der Waals surface area (Å²) >= 11 is 1.37. The van der Waals surface area contributed by atoms with Crippen LogP contribution in [0.5, 0.6) is 5.75 Å². The SMILES string of the molecule is COc1c(C)cc(C(=O)O)c2sc(C)nc12. The molecule has 0 aliphatic rings. The van der Waals surface area contributed by atoms with Crippen LogP contribution in [0.3, 0.4) is 0 Å². The quantitative estimate of drug-likeness (QED) is 0.872. The summed E-state index contributed by atoms with van der Waals surface area (Å²) in [6.45, 7) is 3.67. The number of hydrogen-bond acceptors (Lipinski definition) is 4. The van der Waals surface area contributed by atoms with E-state index in [2.05, 4.69) is 4.98 Å². The van der Waals surface area contributed by atoms with Crippen molar-refractivity contribution in [3.05, 3.63) is 22.2 Å². The molecule has 0 spiro atoms. The number of nitrogens with zero attached hydrogens (tertiary/aromatic N) is 1. The van der Waals surface area contributed by atoms with Gasteiger partial charge in [-0.3, -0.25) is 0 Å². The molecule has 0 radical (unpaired) electrons. The molecule has 0 unspecified atom stereocenters. The summed E-state index contributed by atoms with van der Waals surface area (Å²) in [6, 6.07) is 1.63. The number of aromatic nitrogens is 1. The molecule has 1 heterocycles. The summed E-state index contributed by atoms with van der Waals surface area (Å²) in [5.41, 5.74) is 1.72. The van der Waals surface area contributed by atoms with Gasteiger partial charge in [-0.1, -0.05) is 0 Å². The van der Waals surface area contributed by atoms with Crippen molar-refractivity contribution in [3.63, 3.8) is 0 Å². The first-order valence-electron chi connectivity index (χ1n) is 4.72. The molecule has 0 saturated carbocycles. The predicted molar refractivity (Wildman–Crippen MR) is 62.6 cm³/mol. The van der Waals surface area contributed by atoms with Gasteiger partial charge in [-0.15, -0.1) is 11.3 Å². The van der Waals surface area contributed by atoms with Crippen molar-refractivity contribution in [3.8, 4) is 5.75 Å². The van der Waals surface area contributed by atoms with Gasteiger partial charge in [-0.05, 0) is 25.5 Å². The Morgan fingerprint density at radius 2 is 2.19 bits per heavy atom. The molecule has 2 rings (SSSR count). The summed E-state index contributed by atoms with van der Waals surface area (Å²) < 4.78 is 5.93. The van der Waals surface area contributed by atoms with E-state index >= 15 is 0 Å².